The van der Waals surface area contributed by atoms with Crippen molar-refractivity contribution < 1.29 is 14.3 Å². The fraction of sp³-hybridized carbons (Fsp3) is 0.472. The van der Waals surface area contributed by atoms with Crippen LogP contribution in [0.25, 0.3) is 22.6 Å². The van der Waals surface area contributed by atoms with Crippen molar-refractivity contribution in [1.82, 2.24) is 25.2 Å². The molecule has 2 fully saturated rings. The second-order valence-electron chi connectivity index (χ2n) is 12.1. The van der Waals surface area contributed by atoms with Gasteiger partial charge in [0.2, 0.25) is 11.8 Å². The number of carbonyl (C=O) groups excluding carboxylic acids is 2. The average molecular weight is 631 g/mol. The van der Waals surface area contributed by atoms with Gasteiger partial charge in [0.25, 0.3) is 0 Å². The van der Waals surface area contributed by atoms with E-state index in [0.717, 1.165) is 49.2 Å². The molecule has 10 heteroatoms. The number of allylic oxidation sites excluding steroid dienone is 1. The molecule has 3 heterocycles. The van der Waals surface area contributed by atoms with Crippen molar-refractivity contribution in [3.63, 3.8) is 0 Å². The molecule has 5 rings (SSSR count). The van der Waals surface area contributed by atoms with E-state index in [9.17, 15) is 14.4 Å². The van der Waals surface area contributed by atoms with Gasteiger partial charge in [0.1, 0.15) is 17.5 Å². The largest absolute Gasteiger partial charge is 0.491 e. The Labute approximate surface area is 272 Å². The Hall–Kier alpha value is -4.31. The number of hydrogen-bond donors (Lipinski definition) is 3. The molecule has 0 spiro atoms. The van der Waals surface area contributed by atoms with Crippen molar-refractivity contribution in [2.75, 3.05) is 13.6 Å². The number of nitrogens with zero attached hydrogens (tertiary/aromatic N) is 3. The van der Waals surface area contributed by atoms with Gasteiger partial charge in [-0.1, -0.05) is 32.9 Å². The van der Waals surface area contributed by atoms with Crippen LogP contribution >= 0.6 is 0 Å². The average Bonchev–Trinajstić information content (AvgIpc) is 3.57. The summed E-state index contributed by atoms with van der Waals surface area (Å²) in [5.41, 5.74) is 7.33. The molecule has 1 aliphatic heterocycles. The SMILES string of the molecule is CC(C)Oc1ccc(-c2cc(=O)cc(-c3cnccn3)[nH]2)cc1.CC/C=C\[C@@H]1CC1NC(=O)C1CCCN1C(=O)CC(C)C.CN. The minimum Gasteiger partial charge on any atom is -0.491 e. The molecule has 248 valence electrons. The highest BCUT2D eigenvalue weighted by Gasteiger charge is 2.40. The van der Waals surface area contributed by atoms with Crippen LogP contribution in [-0.2, 0) is 9.59 Å². The molecule has 2 unspecified atom stereocenters. The Morgan fingerprint density at radius 3 is 2.46 bits per heavy atom. The Bertz CT molecular complexity index is 1470. The van der Waals surface area contributed by atoms with Crippen LogP contribution in [0.4, 0.5) is 0 Å². The number of ether oxygens (including phenoxy) is 1. The van der Waals surface area contributed by atoms with E-state index < -0.39 is 0 Å². The van der Waals surface area contributed by atoms with Gasteiger partial charge in [-0.25, -0.2) is 0 Å². The molecule has 2 amide bonds. The molecule has 10 nitrogen and oxygen atoms in total. The van der Waals surface area contributed by atoms with Crippen LogP contribution in [0.5, 0.6) is 5.75 Å². The zero-order valence-corrected chi connectivity index (χ0v) is 28.0. The number of aromatic amines is 1. The van der Waals surface area contributed by atoms with E-state index >= 15 is 0 Å². The number of carbonyl (C=O) groups is 2. The van der Waals surface area contributed by atoms with Crippen molar-refractivity contribution in [3.8, 4) is 28.4 Å². The predicted molar refractivity (Wildman–Crippen MR) is 183 cm³/mol. The van der Waals surface area contributed by atoms with Crippen LogP contribution in [-0.4, -0.2) is 63.4 Å². The summed E-state index contributed by atoms with van der Waals surface area (Å²) in [5.74, 6) is 1.81. The first-order valence-electron chi connectivity index (χ1n) is 16.3. The van der Waals surface area contributed by atoms with Gasteiger partial charge in [0.05, 0.1) is 18.0 Å². The highest BCUT2D eigenvalue weighted by molar-refractivity contribution is 5.88. The molecule has 2 aliphatic rings. The van der Waals surface area contributed by atoms with Crippen molar-refractivity contribution in [1.29, 1.82) is 0 Å². The number of hydrogen-bond acceptors (Lipinski definition) is 7. The van der Waals surface area contributed by atoms with Crippen molar-refractivity contribution in [2.45, 2.75) is 84.9 Å². The minimum atomic E-state index is -0.243. The van der Waals surface area contributed by atoms with Gasteiger partial charge in [-0.3, -0.25) is 24.4 Å². The van der Waals surface area contributed by atoms with Crippen molar-refractivity contribution in [3.05, 3.63) is 77.4 Å². The molecular formula is C36H50N6O4. The summed E-state index contributed by atoms with van der Waals surface area (Å²) in [6.45, 7) is 10.9. The number of aromatic nitrogens is 3. The van der Waals surface area contributed by atoms with Gasteiger partial charge in [-0.15, -0.1) is 0 Å². The standard InChI is InChI=1S/C18H17N3O2.C17H28N2O2.CH5N/c1-12(2)23-15-5-3-13(4-6-15)16-9-14(22)10-17(21-16)18-11-19-7-8-20-18;1-4-5-7-13-11-14(13)18-17(21)15-8-6-9-19(15)16(20)10-12(2)3;1-2/h3-12H,1-2H3,(H,21,22);5,7,12-15H,4,6,8-11H2,1-3H3,(H,18,21);2H2,1H3/b;7-5-;/t;13-,14?,15?;/m.1./s1. The van der Waals surface area contributed by atoms with E-state index in [-0.39, 0.29) is 35.4 Å². The van der Waals surface area contributed by atoms with Crippen LogP contribution in [0.1, 0.15) is 66.7 Å². The first-order chi connectivity index (χ1) is 22.1. The van der Waals surface area contributed by atoms with Crippen molar-refractivity contribution in [2.24, 2.45) is 17.6 Å². The maximum atomic E-state index is 12.4. The Balaban J connectivity index is 0.000000239. The van der Waals surface area contributed by atoms with E-state index in [4.69, 9.17) is 4.74 Å². The van der Waals surface area contributed by atoms with E-state index in [1.807, 2.05) is 52.0 Å². The van der Waals surface area contributed by atoms with E-state index in [0.29, 0.717) is 29.6 Å². The van der Waals surface area contributed by atoms with Crippen molar-refractivity contribution >= 4 is 11.8 Å². The summed E-state index contributed by atoms with van der Waals surface area (Å²) < 4.78 is 5.63. The number of nitrogens with two attached hydrogens (primary N) is 1. The fourth-order valence-electron chi connectivity index (χ4n) is 5.25. The van der Waals surface area contributed by atoms with E-state index in [2.05, 4.69) is 45.1 Å². The zero-order chi connectivity index (χ0) is 33.6. The smallest absolute Gasteiger partial charge is 0.243 e. The number of benzene rings is 1. The molecule has 1 aromatic carbocycles. The molecule has 4 N–H and O–H groups in total. The lowest BCUT2D eigenvalue weighted by Crippen LogP contribution is -2.47. The summed E-state index contributed by atoms with van der Waals surface area (Å²) in [6, 6.07) is 10.7. The summed E-state index contributed by atoms with van der Waals surface area (Å²) >= 11 is 0. The molecule has 2 aromatic heterocycles. The van der Waals surface area contributed by atoms with Crippen LogP contribution in [0, 0.1) is 11.8 Å². The minimum absolute atomic E-state index is 0.0435. The number of nitrogens with one attached hydrogen (secondary N) is 2. The second-order valence-corrected chi connectivity index (χ2v) is 12.1. The molecule has 3 atom stereocenters. The van der Waals surface area contributed by atoms with Gasteiger partial charge in [-0.2, -0.15) is 0 Å². The molecule has 0 bridgehead atoms. The third-order valence-corrected chi connectivity index (χ3v) is 7.46. The van der Waals surface area contributed by atoms with Crippen LogP contribution in [0.15, 0.2) is 71.9 Å². The first kappa shape index (κ1) is 36.2. The molecule has 1 saturated heterocycles. The summed E-state index contributed by atoms with van der Waals surface area (Å²) in [4.78, 5) is 49.8. The quantitative estimate of drug-likeness (QED) is 0.256. The van der Waals surface area contributed by atoms with E-state index in [1.54, 1.807) is 29.6 Å². The predicted octanol–water partition coefficient (Wildman–Crippen LogP) is 5.36. The number of amides is 2. The maximum absolute atomic E-state index is 12.4. The van der Waals surface area contributed by atoms with Crippen LogP contribution in [0.3, 0.4) is 0 Å². The fourth-order valence-corrected chi connectivity index (χ4v) is 5.25. The molecule has 1 saturated carbocycles. The normalized spacial score (nSPS) is 18.5. The number of rotatable bonds is 10. The van der Waals surface area contributed by atoms with E-state index in [1.165, 1.54) is 13.1 Å². The lowest BCUT2D eigenvalue weighted by Gasteiger charge is -2.24. The molecule has 0 radical (unpaired) electrons. The summed E-state index contributed by atoms with van der Waals surface area (Å²) in [7, 11) is 1.50. The van der Waals surface area contributed by atoms with Gasteiger partial charge in [0, 0.05) is 49.2 Å². The van der Waals surface area contributed by atoms with Crippen LogP contribution in [0.2, 0.25) is 0 Å². The number of pyridine rings is 1. The second kappa shape index (κ2) is 18.0. The Morgan fingerprint density at radius 2 is 1.83 bits per heavy atom. The molecule has 3 aromatic rings. The Morgan fingerprint density at radius 1 is 1.11 bits per heavy atom. The van der Waals surface area contributed by atoms with Crippen LogP contribution < -0.4 is 21.2 Å². The maximum Gasteiger partial charge on any atom is 0.243 e. The van der Waals surface area contributed by atoms with Gasteiger partial charge < -0.3 is 25.7 Å². The van der Waals surface area contributed by atoms with Gasteiger partial charge >= 0.3 is 0 Å². The molecule has 46 heavy (non-hydrogen) atoms. The highest BCUT2D eigenvalue weighted by atomic mass is 16.5. The first-order valence-corrected chi connectivity index (χ1v) is 16.3. The summed E-state index contributed by atoms with van der Waals surface area (Å²) in [5, 5.41) is 3.11. The Kier molecular flexibility index (Phi) is 14.1. The third-order valence-electron chi connectivity index (χ3n) is 7.46. The van der Waals surface area contributed by atoms with Gasteiger partial charge in [0.15, 0.2) is 5.43 Å². The molecular weight excluding hydrogens is 580 g/mol. The third kappa shape index (κ3) is 10.9. The molecule has 1 aliphatic carbocycles. The lowest BCUT2D eigenvalue weighted by atomic mass is 10.1. The topological polar surface area (TPSA) is 143 Å². The lowest BCUT2D eigenvalue weighted by molar-refractivity contribution is -0.139. The number of H-pyrrole nitrogens is 1. The highest BCUT2D eigenvalue weighted by Crippen LogP contribution is 2.32. The van der Waals surface area contributed by atoms with Gasteiger partial charge in [-0.05, 0) is 88.2 Å². The summed E-state index contributed by atoms with van der Waals surface area (Å²) in [6.07, 6.45) is 13.6. The monoisotopic (exact) mass is 630 g/mol. The zero-order valence-electron chi connectivity index (χ0n) is 28.0. The number of likely N-dealkylation sites (tertiary alicyclic amines) is 1.